The average Bonchev–Trinajstić information content (AvgIpc) is 3.20. The van der Waals surface area contributed by atoms with Gasteiger partial charge in [0.2, 0.25) is 0 Å². The van der Waals surface area contributed by atoms with Gasteiger partial charge >= 0.3 is 5.97 Å². The summed E-state index contributed by atoms with van der Waals surface area (Å²) in [5, 5.41) is 0. The Kier molecular flexibility index (Phi) is 8.83. The summed E-state index contributed by atoms with van der Waals surface area (Å²) in [7, 11) is 2.79. The van der Waals surface area contributed by atoms with Gasteiger partial charge in [-0.3, -0.25) is 14.5 Å². The van der Waals surface area contributed by atoms with Crippen molar-refractivity contribution in [3.8, 4) is 11.5 Å². The first-order valence-corrected chi connectivity index (χ1v) is 13.1. The highest BCUT2D eigenvalue weighted by molar-refractivity contribution is 8.26. The minimum atomic E-state index is -0.979. The summed E-state index contributed by atoms with van der Waals surface area (Å²) in [6.07, 6.45) is 4.86. The zero-order valence-electron chi connectivity index (χ0n) is 20.7. The van der Waals surface area contributed by atoms with E-state index in [9.17, 15) is 14.4 Å². The molecule has 0 saturated carbocycles. The van der Waals surface area contributed by atoms with Crippen molar-refractivity contribution in [1.29, 1.82) is 0 Å². The first-order valence-electron chi connectivity index (χ1n) is 11.9. The molecule has 0 bridgehead atoms. The fourth-order valence-corrected chi connectivity index (χ4v) is 5.57. The Bertz CT molecular complexity index is 1210. The highest BCUT2D eigenvalue weighted by Crippen LogP contribution is 2.39. The molecule has 0 aliphatic carbocycles. The predicted octanol–water partition coefficient (Wildman–Crippen LogP) is 4.20. The van der Waals surface area contributed by atoms with Crippen molar-refractivity contribution >= 4 is 52.2 Å². The van der Waals surface area contributed by atoms with Crippen molar-refractivity contribution in [2.45, 2.75) is 25.3 Å². The number of carbonyl (C=O) groups is 3. The van der Waals surface area contributed by atoms with Gasteiger partial charge in [0.1, 0.15) is 4.32 Å². The Morgan fingerprint density at radius 3 is 2.46 bits per heavy atom. The lowest BCUT2D eigenvalue weighted by atomic mass is 10.1. The topological polar surface area (TPSA) is 85.4 Å². The van der Waals surface area contributed by atoms with Gasteiger partial charge in [0.25, 0.3) is 11.8 Å². The Labute approximate surface area is 225 Å². The monoisotopic (exact) mass is 540 g/mol. The molecular weight excluding hydrogens is 512 g/mol. The lowest BCUT2D eigenvalue weighted by Gasteiger charge is -2.26. The summed E-state index contributed by atoms with van der Waals surface area (Å²) in [5.74, 6) is -0.139. The number of hydrogen-bond donors (Lipinski definition) is 0. The molecule has 37 heavy (non-hydrogen) atoms. The third-order valence-corrected chi connectivity index (χ3v) is 7.50. The van der Waals surface area contributed by atoms with E-state index >= 15 is 0 Å². The van der Waals surface area contributed by atoms with Crippen LogP contribution in [-0.2, 0) is 19.1 Å². The maximum absolute atomic E-state index is 13.3. The molecule has 2 amide bonds. The molecule has 2 aromatic carbocycles. The first kappa shape index (κ1) is 26.7. The third-order valence-electron chi connectivity index (χ3n) is 6.17. The van der Waals surface area contributed by atoms with Gasteiger partial charge in [-0.15, -0.1) is 0 Å². The van der Waals surface area contributed by atoms with Gasteiger partial charge < -0.3 is 19.1 Å². The highest BCUT2D eigenvalue weighted by Gasteiger charge is 2.41. The lowest BCUT2D eigenvalue weighted by Crippen LogP contribution is -2.38. The van der Waals surface area contributed by atoms with Crippen LogP contribution in [-0.4, -0.2) is 65.8 Å². The number of ether oxygens (including phenoxy) is 3. The van der Waals surface area contributed by atoms with Gasteiger partial charge in [-0.2, -0.15) is 0 Å². The Morgan fingerprint density at radius 1 is 1.05 bits per heavy atom. The number of carbonyl (C=O) groups excluding carboxylic acids is 3. The fraction of sp³-hybridized carbons (Fsp3) is 0.333. The Morgan fingerprint density at radius 2 is 1.78 bits per heavy atom. The second-order valence-corrected chi connectivity index (χ2v) is 10.2. The minimum Gasteiger partial charge on any atom is -0.493 e. The van der Waals surface area contributed by atoms with E-state index in [0.717, 1.165) is 44.1 Å². The molecular formula is C27H28N2O6S2. The van der Waals surface area contributed by atoms with Gasteiger partial charge in [-0.05, 0) is 48.6 Å². The van der Waals surface area contributed by atoms with Crippen molar-refractivity contribution in [3.05, 3.63) is 64.6 Å². The Balaban J connectivity index is 1.51. The van der Waals surface area contributed by atoms with Crippen LogP contribution >= 0.6 is 24.0 Å². The molecule has 2 aliphatic heterocycles. The van der Waals surface area contributed by atoms with Gasteiger partial charge in [-0.25, -0.2) is 4.79 Å². The largest absolute Gasteiger partial charge is 0.493 e. The summed E-state index contributed by atoms with van der Waals surface area (Å²) in [6, 6.07) is 13.1. The standard InChI is InChI=1S/C27H28N2O6S2/c1-33-21-15-18(11-12-20(21)35-17-23(30)28-13-7-4-8-14-28)16-22-25(31)29(27(36)37-22)24(26(32)34-2)19-9-5-3-6-10-19/h3,5-6,9-12,15-16,24H,4,7-8,13-14,17H2,1-2H3/b22-16+. The van der Waals surface area contributed by atoms with Crippen LogP contribution in [0.1, 0.15) is 36.4 Å². The molecule has 0 spiro atoms. The van der Waals surface area contributed by atoms with Crippen molar-refractivity contribution < 1.29 is 28.6 Å². The molecule has 0 radical (unpaired) electrons. The van der Waals surface area contributed by atoms with E-state index < -0.39 is 12.0 Å². The van der Waals surface area contributed by atoms with Crippen LogP contribution in [0.2, 0.25) is 0 Å². The second-order valence-electron chi connectivity index (χ2n) is 8.53. The van der Waals surface area contributed by atoms with Crippen LogP contribution in [0.4, 0.5) is 0 Å². The normalized spacial score (nSPS) is 17.6. The van der Waals surface area contributed by atoms with Gasteiger partial charge in [0, 0.05) is 13.1 Å². The van der Waals surface area contributed by atoms with Crippen molar-refractivity contribution in [2.24, 2.45) is 0 Å². The van der Waals surface area contributed by atoms with E-state index in [4.69, 9.17) is 26.4 Å². The summed E-state index contributed by atoms with van der Waals surface area (Å²) in [4.78, 5) is 41.9. The number of likely N-dealkylation sites (tertiary alicyclic amines) is 1. The molecule has 2 fully saturated rings. The van der Waals surface area contributed by atoms with Crippen LogP contribution in [0.5, 0.6) is 11.5 Å². The van der Waals surface area contributed by atoms with Gasteiger partial charge in [0.15, 0.2) is 24.1 Å². The van der Waals surface area contributed by atoms with Crippen LogP contribution in [0, 0.1) is 0 Å². The van der Waals surface area contributed by atoms with Gasteiger partial charge in [-0.1, -0.05) is 60.4 Å². The quantitative estimate of drug-likeness (QED) is 0.280. The SMILES string of the molecule is COC(=O)C(c1ccccc1)N1C(=O)/C(=C\c2ccc(OCC(=O)N3CCCCC3)c(OC)c2)SC1=S. The molecule has 1 atom stereocenters. The molecule has 2 aliphatic rings. The number of nitrogens with zero attached hydrogens (tertiary/aromatic N) is 2. The fourth-order valence-electron chi connectivity index (χ4n) is 4.26. The molecule has 4 rings (SSSR count). The van der Waals surface area contributed by atoms with Crippen LogP contribution in [0.3, 0.4) is 0 Å². The molecule has 194 valence electrons. The molecule has 2 aromatic rings. The van der Waals surface area contributed by atoms with E-state index in [-0.39, 0.29) is 22.7 Å². The summed E-state index contributed by atoms with van der Waals surface area (Å²) in [5.41, 5.74) is 1.29. The van der Waals surface area contributed by atoms with E-state index in [1.165, 1.54) is 19.1 Å². The van der Waals surface area contributed by atoms with E-state index in [1.54, 1.807) is 48.5 Å². The first-order chi connectivity index (χ1) is 17.9. The number of amides is 2. The van der Waals surface area contributed by atoms with E-state index in [1.807, 2.05) is 11.0 Å². The number of rotatable bonds is 8. The maximum atomic E-state index is 13.3. The maximum Gasteiger partial charge on any atom is 0.333 e. The number of thioether (sulfide) groups is 1. The number of hydrogen-bond acceptors (Lipinski definition) is 8. The van der Waals surface area contributed by atoms with Crippen LogP contribution in [0.15, 0.2) is 53.4 Å². The molecule has 2 heterocycles. The molecule has 10 heteroatoms. The van der Waals surface area contributed by atoms with Crippen molar-refractivity contribution in [1.82, 2.24) is 9.80 Å². The number of piperidine rings is 1. The molecule has 0 aromatic heterocycles. The van der Waals surface area contributed by atoms with E-state index in [0.29, 0.717) is 27.5 Å². The second kappa shape index (κ2) is 12.2. The predicted molar refractivity (Wildman–Crippen MR) is 145 cm³/mol. The smallest absolute Gasteiger partial charge is 0.333 e. The zero-order chi connectivity index (χ0) is 26.4. The number of thiocarbonyl (C=S) groups is 1. The van der Waals surface area contributed by atoms with Crippen molar-refractivity contribution in [3.63, 3.8) is 0 Å². The highest BCUT2D eigenvalue weighted by atomic mass is 32.2. The Hall–Kier alpha value is -3.37. The molecule has 0 N–H and O–H groups in total. The summed E-state index contributed by atoms with van der Waals surface area (Å²) < 4.78 is 16.5. The average molecular weight is 541 g/mol. The zero-order valence-corrected chi connectivity index (χ0v) is 22.3. The molecule has 8 nitrogen and oxygen atoms in total. The third kappa shape index (κ3) is 6.14. The van der Waals surface area contributed by atoms with Crippen LogP contribution in [0.25, 0.3) is 6.08 Å². The lowest BCUT2D eigenvalue weighted by molar-refractivity contribution is -0.148. The van der Waals surface area contributed by atoms with E-state index in [2.05, 4.69) is 0 Å². The molecule has 1 unspecified atom stereocenters. The van der Waals surface area contributed by atoms with Crippen LogP contribution < -0.4 is 9.47 Å². The summed E-state index contributed by atoms with van der Waals surface area (Å²) >= 11 is 6.59. The number of esters is 1. The minimum absolute atomic E-state index is 0.0481. The summed E-state index contributed by atoms with van der Waals surface area (Å²) in [6.45, 7) is 1.46. The van der Waals surface area contributed by atoms with Gasteiger partial charge in [0.05, 0.1) is 19.1 Å². The van der Waals surface area contributed by atoms with Crippen molar-refractivity contribution in [2.75, 3.05) is 33.9 Å². The number of benzene rings is 2. The number of methoxy groups -OCH3 is 2. The molecule has 2 saturated heterocycles.